The van der Waals surface area contributed by atoms with E-state index in [1.807, 2.05) is 0 Å². The van der Waals surface area contributed by atoms with Crippen molar-refractivity contribution in [1.82, 2.24) is 10.2 Å². The molecule has 1 N–H and O–H groups in total. The van der Waals surface area contributed by atoms with Crippen LogP contribution in [0.1, 0.15) is 46.5 Å². The Morgan fingerprint density at radius 2 is 2.11 bits per heavy atom. The highest BCUT2D eigenvalue weighted by Crippen LogP contribution is 2.34. The van der Waals surface area contributed by atoms with E-state index in [1.54, 1.807) is 0 Å². The first-order valence-electron chi connectivity index (χ1n) is 7.79. The second kappa shape index (κ2) is 6.88. The average Bonchev–Trinajstić information content (AvgIpc) is 3.18. The van der Waals surface area contributed by atoms with Gasteiger partial charge in [0.25, 0.3) is 0 Å². The maximum atomic E-state index is 6.04. The van der Waals surface area contributed by atoms with Crippen LogP contribution in [0.4, 0.5) is 0 Å². The first-order chi connectivity index (χ1) is 8.70. The Kier molecular flexibility index (Phi) is 5.46. The molecule has 1 aliphatic carbocycles. The summed E-state index contributed by atoms with van der Waals surface area (Å²) in [5.41, 5.74) is 0. The third-order valence-corrected chi connectivity index (χ3v) is 4.24. The van der Waals surface area contributed by atoms with Gasteiger partial charge in [-0.2, -0.15) is 0 Å². The summed E-state index contributed by atoms with van der Waals surface area (Å²) in [5, 5.41) is 3.72. The fourth-order valence-corrected chi connectivity index (χ4v) is 2.82. The van der Waals surface area contributed by atoms with Crippen LogP contribution in [0.3, 0.4) is 0 Å². The zero-order valence-electron chi connectivity index (χ0n) is 12.3. The van der Waals surface area contributed by atoms with Gasteiger partial charge in [-0.05, 0) is 39.2 Å². The normalized spacial score (nSPS) is 27.7. The monoisotopic (exact) mass is 254 g/mol. The number of rotatable bonds is 7. The quantitative estimate of drug-likeness (QED) is 0.754. The largest absolute Gasteiger partial charge is 0.374 e. The Bertz CT molecular complexity index is 241. The molecule has 0 amide bonds. The Labute approximate surface area is 112 Å². The van der Waals surface area contributed by atoms with Crippen LogP contribution in [0, 0.1) is 5.92 Å². The van der Waals surface area contributed by atoms with E-state index in [9.17, 15) is 0 Å². The van der Waals surface area contributed by atoms with Crippen molar-refractivity contribution in [2.24, 2.45) is 5.92 Å². The molecular formula is C15H30N2O. The van der Waals surface area contributed by atoms with Crippen LogP contribution >= 0.6 is 0 Å². The minimum absolute atomic E-state index is 0.397. The summed E-state index contributed by atoms with van der Waals surface area (Å²) >= 11 is 0. The third-order valence-electron chi connectivity index (χ3n) is 4.24. The summed E-state index contributed by atoms with van der Waals surface area (Å²) in [6, 6.07) is 1.21. The predicted molar refractivity (Wildman–Crippen MR) is 75.9 cm³/mol. The molecule has 3 heteroatoms. The third kappa shape index (κ3) is 4.22. The molecule has 2 aliphatic rings. The Balaban J connectivity index is 1.86. The van der Waals surface area contributed by atoms with Gasteiger partial charge in [0, 0.05) is 25.2 Å². The van der Waals surface area contributed by atoms with Gasteiger partial charge in [-0.1, -0.05) is 19.8 Å². The van der Waals surface area contributed by atoms with Crippen LogP contribution in [0.15, 0.2) is 0 Å². The Morgan fingerprint density at radius 3 is 2.72 bits per heavy atom. The van der Waals surface area contributed by atoms with Crippen LogP contribution < -0.4 is 5.32 Å². The van der Waals surface area contributed by atoms with Gasteiger partial charge in [0.1, 0.15) is 0 Å². The standard InChI is InChI=1S/C15H30N2O/c1-4-7-16-14(10-13-5-6-13)15-11-17(12(2)3)8-9-18-15/h12-16H,4-11H2,1-3H3. The van der Waals surface area contributed by atoms with E-state index in [2.05, 4.69) is 31.0 Å². The van der Waals surface area contributed by atoms with Crippen LogP contribution in [-0.4, -0.2) is 49.3 Å². The van der Waals surface area contributed by atoms with Gasteiger partial charge in [0.2, 0.25) is 0 Å². The number of ether oxygens (including phenoxy) is 1. The summed E-state index contributed by atoms with van der Waals surface area (Å²) in [6.45, 7) is 11.0. The topological polar surface area (TPSA) is 24.5 Å². The van der Waals surface area contributed by atoms with E-state index in [-0.39, 0.29) is 0 Å². The van der Waals surface area contributed by atoms with Gasteiger partial charge in [-0.3, -0.25) is 4.90 Å². The van der Waals surface area contributed by atoms with Gasteiger partial charge in [0.15, 0.2) is 0 Å². The maximum absolute atomic E-state index is 6.04. The van der Waals surface area contributed by atoms with E-state index >= 15 is 0 Å². The van der Waals surface area contributed by atoms with Crippen LogP contribution in [-0.2, 0) is 4.74 Å². The zero-order valence-corrected chi connectivity index (χ0v) is 12.3. The molecule has 18 heavy (non-hydrogen) atoms. The molecule has 2 fully saturated rings. The lowest BCUT2D eigenvalue weighted by Gasteiger charge is -2.39. The summed E-state index contributed by atoms with van der Waals surface area (Å²) in [7, 11) is 0. The summed E-state index contributed by atoms with van der Waals surface area (Å²) < 4.78 is 6.04. The molecule has 0 aromatic rings. The predicted octanol–water partition coefficient (Wildman–Crippen LogP) is 2.26. The number of nitrogens with one attached hydrogen (secondary N) is 1. The minimum atomic E-state index is 0.397. The van der Waals surface area contributed by atoms with Crippen LogP contribution in [0.5, 0.6) is 0 Å². The molecule has 1 aliphatic heterocycles. The van der Waals surface area contributed by atoms with Crippen LogP contribution in [0.25, 0.3) is 0 Å². The molecule has 2 unspecified atom stereocenters. The molecule has 3 nitrogen and oxygen atoms in total. The summed E-state index contributed by atoms with van der Waals surface area (Å²) in [6.07, 6.45) is 5.79. The van der Waals surface area contributed by atoms with Crippen molar-refractivity contribution >= 4 is 0 Å². The molecule has 0 aromatic heterocycles. The Hall–Kier alpha value is -0.120. The van der Waals surface area contributed by atoms with Gasteiger partial charge in [0.05, 0.1) is 12.7 Å². The van der Waals surface area contributed by atoms with Gasteiger partial charge in [-0.15, -0.1) is 0 Å². The van der Waals surface area contributed by atoms with Crippen molar-refractivity contribution in [3.63, 3.8) is 0 Å². The molecule has 0 radical (unpaired) electrons. The highest BCUT2D eigenvalue weighted by molar-refractivity contribution is 4.88. The number of hydrogen-bond donors (Lipinski definition) is 1. The first kappa shape index (κ1) is 14.3. The van der Waals surface area contributed by atoms with E-state index < -0.39 is 0 Å². The van der Waals surface area contributed by atoms with Gasteiger partial charge in [-0.25, -0.2) is 0 Å². The fourth-order valence-electron chi connectivity index (χ4n) is 2.82. The van der Waals surface area contributed by atoms with Crippen molar-refractivity contribution in [1.29, 1.82) is 0 Å². The summed E-state index contributed by atoms with van der Waals surface area (Å²) in [5.74, 6) is 0.970. The van der Waals surface area contributed by atoms with Crippen LogP contribution in [0.2, 0.25) is 0 Å². The fraction of sp³-hybridized carbons (Fsp3) is 1.00. The highest BCUT2D eigenvalue weighted by Gasteiger charge is 2.33. The lowest BCUT2D eigenvalue weighted by molar-refractivity contribution is -0.0572. The minimum Gasteiger partial charge on any atom is -0.374 e. The molecule has 1 heterocycles. The van der Waals surface area contributed by atoms with Crippen molar-refractivity contribution in [3.05, 3.63) is 0 Å². The first-order valence-corrected chi connectivity index (χ1v) is 7.79. The van der Waals surface area contributed by atoms with E-state index in [0.29, 0.717) is 18.2 Å². The van der Waals surface area contributed by atoms with Crippen molar-refractivity contribution in [3.8, 4) is 0 Å². The summed E-state index contributed by atoms with van der Waals surface area (Å²) in [4.78, 5) is 2.56. The second-order valence-electron chi connectivity index (χ2n) is 6.24. The molecule has 1 saturated carbocycles. The lowest BCUT2D eigenvalue weighted by atomic mass is 10.0. The van der Waals surface area contributed by atoms with E-state index in [1.165, 1.54) is 25.7 Å². The molecule has 0 spiro atoms. The molecule has 106 valence electrons. The molecule has 2 atom stereocenters. The molecule has 1 saturated heterocycles. The molecule has 2 rings (SSSR count). The van der Waals surface area contributed by atoms with Gasteiger partial charge >= 0.3 is 0 Å². The second-order valence-corrected chi connectivity index (χ2v) is 6.24. The average molecular weight is 254 g/mol. The lowest BCUT2D eigenvalue weighted by Crippen LogP contribution is -2.54. The number of morpholine rings is 1. The number of nitrogens with zero attached hydrogens (tertiary/aromatic N) is 1. The highest BCUT2D eigenvalue weighted by atomic mass is 16.5. The molecule has 0 aromatic carbocycles. The zero-order chi connectivity index (χ0) is 13.0. The van der Waals surface area contributed by atoms with E-state index in [0.717, 1.165) is 32.2 Å². The molecular weight excluding hydrogens is 224 g/mol. The van der Waals surface area contributed by atoms with Crippen molar-refractivity contribution in [2.45, 2.75) is 64.6 Å². The van der Waals surface area contributed by atoms with E-state index in [4.69, 9.17) is 4.74 Å². The van der Waals surface area contributed by atoms with Crippen molar-refractivity contribution < 1.29 is 4.74 Å². The smallest absolute Gasteiger partial charge is 0.0855 e. The van der Waals surface area contributed by atoms with Crippen molar-refractivity contribution in [2.75, 3.05) is 26.2 Å². The SMILES string of the molecule is CCCNC(CC1CC1)C1CN(C(C)C)CCO1. The molecule has 0 bridgehead atoms. The Morgan fingerprint density at radius 1 is 1.33 bits per heavy atom. The number of hydrogen-bond acceptors (Lipinski definition) is 3. The maximum Gasteiger partial charge on any atom is 0.0855 e. The van der Waals surface area contributed by atoms with Gasteiger partial charge < -0.3 is 10.1 Å².